The summed E-state index contributed by atoms with van der Waals surface area (Å²) in [7, 11) is 0. The standard InChI is InChI=1S/C22H27ClFNO4/c1-4-28-21-11-15(12-25-19(22(26)27)10-14(2)3)8-9-20(21)29-13-16-17(23)6-5-7-18(16)24/h5-9,11,14,19,25H,4,10,12-13H2,1-3H3,(H,26,27). The van der Waals surface area contributed by atoms with Crippen molar-refractivity contribution in [2.24, 2.45) is 5.92 Å². The van der Waals surface area contributed by atoms with Gasteiger partial charge in [0.15, 0.2) is 11.5 Å². The van der Waals surface area contributed by atoms with E-state index in [0.717, 1.165) is 5.56 Å². The summed E-state index contributed by atoms with van der Waals surface area (Å²) >= 11 is 6.05. The number of halogens is 2. The minimum absolute atomic E-state index is 0.0291. The highest BCUT2D eigenvalue weighted by Gasteiger charge is 2.18. The van der Waals surface area contributed by atoms with E-state index in [1.807, 2.05) is 26.8 Å². The Kier molecular flexibility index (Phi) is 8.73. The largest absolute Gasteiger partial charge is 0.490 e. The van der Waals surface area contributed by atoms with Crippen LogP contribution in [0, 0.1) is 11.7 Å². The first kappa shape index (κ1) is 23.0. The first-order valence-corrected chi connectivity index (χ1v) is 9.97. The monoisotopic (exact) mass is 423 g/mol. The van der Waals surface area contributed by atoms with Crippen LogP contribution < -0.4 is 14.8 Å². The zero-order valence-corrected chi connectivity index (χ0v) is 17.6. The molecule has 0 saturated heterocycles. The number of ether oxygens (including phenoxy) is 2. The molecule has 2 N–H and O–H groups in total. The van der Waals surface area contributed by atoms with Crippen molar-refractivity contribution in [3.8, 4) is 11.5 Å². The summed E-state index contributed by atoms with van der Waals surface area (Å²) in [4.78, 5) is 11.4. The Hall–Kier alpha value is -2.31. The summed E-state index contributed by atoms with van der Waals surface area (Å²) in [5.41, 5.74) is 1.14. The van der Waals surface area contributed by atoms with Gasteiger partial charge in [-0.15, -0.1) is 0 Å². The number of rotatable bonds is 11. The Labute approximate surface area is 175 Å². The Morgan fingerprint density at radius 2 is 1.97 bits per heavy atom. The van der Waals surface area contributed by atoms with E-state index < -0.39 is 17.8 Å². The van der Waals surface area contributed by atoms with Crippen LogP contribution in [-0.4, -0.2) is 23.7 Å². The Balaban J connectivity index is 2.10. The van der Waals surface area contributed by atoms with Crippen molar-refractivity contribution in [1.29, 1.82) is 0 Å². The lowest BCUT2D eigenvalue weighted by atomic mass is 10.0. The zero-order chi connectivity index (χ0) is 21.4. The molecule has 7 heteroatoms. The van der Waals surface area contributed by atoms with Gasteiger partial charge in [-0.25, -0.2) is 4.39 Å². The molecule has 2 aromatic carbocycles. The molecule has 0 aliphatic carbocycles. The van der Waals surface area contributed by atoms with Crippen LogP contribution in [0.3, 0.4) is 0 Å². The fourth-order valence-electron chi connectivity index (χ4n) is 2.85. The van der Waals surface area contributed by atoms with E-state index in [2.05, 4.69) is 5.32 Å². The van der Waals surface area contributed by atoms with Crippen molar-refractivity contribution < 1.29 is 23.8 Å². The molecule has 0 spiro atoms. The molecule has 29 heavy (non-hydrogen) atoms. The van der Waals surface area contributed by atoms with Crippen LogP contribution in [0.15, 0.2) is 36.4 Å². The normalized spacial score (nSPS) is 12.1. The third-order valence-electron chi connectivity index (χ3n) is 4.30. The number of carbonyl (C=O) groups is 1. The van der Waals surface area contributed by atoms with Gasteiger partial charge in [0, 0.05) is 12.1 Å². The molecule has 0 heterocycles. The molecule has 0 amide bonds. The molecular weight excluding hydrogens is 397 g/mol. The number of benzene rings is 2. The highest BCUT2D eigenvalue weighted by molar-refractivity contribution is 6.31. The average molecular weight is 424 g/mol. The number of carboxylic acids is 1. The summed E-state index contributed by atoms with van der Waals surface area (Å²) in [6.07, 6.45) is 0.540. The number of carboxylic acid groups (broad SMARTS) is 1. The van der Waals surface area contributed by atoms with E-state index in [9.17, 15) is 14.3 Å². The molecule has 2 rings (SSSR count). The number of aliphatic carboxylic acids is 1. The van der Waals surface area contributed by atoms with Crippen molar-refractivity contribution >= 4 is 17.6 Å². The number of nitrogens with one attached hydrogen (secondary N) is 1. The third-order valence-corrected chi connectivity index (χ3v) is 4.65. The van der Waals surface area contributed by atoms with Gasteiger partial charge >= 0.3 is 5.97 Å². The van der Waals surface area contributed by atoms with Crippen molar-refractivity contribution in [2.45, 2.75) is 46.4 Å². The SMILES string of the molecule is CCOc1cc(CNC(CC(C)C)C(=O)O)ccc1OCc1c(F)cccc1Cl. The average Bonchev–Trinajstić information content (AvgIpc) is 2.65. The predicted octanol–water partition coefficient (Wildman–Crippen LogP) is 5.05. The second kappa shape index (κ2) is 11.0. The van der Waals surface area contributed by atoms with Gasteiger partial charge in [-0.2, -0.15) is 0 Å². The minimum atomic E-state index is -0.870. The summed E-state index contributed by atoms with van der Waals surface area (Å²) in [5.74, 6) is -0.0583. The quantitative estimate of drug-likeness (QED) is 0.529. The summed E-state index contributed by atoms with van der Waals surface area (Å²) in [6.45, 7) is 6.60. The molecule has 158 valence electrons. The molecule has 0 saturated carbocycles. The molecule has 0 radical (unpaired) electrons. The van der Waals surface area contributed by atoms with Crippen LogP contribution in [0.1, 0.15) is 38.3 Å². The number of hydrogen-bond donors (Lipinski definition) is 2. The minimum Gasteiger partial charge on any atom is -0.490 e. The van der Waals surface area contributed by atoms with Crippen molar-refractivity contribution in [3.63, 3.8) is 0 Å². The molecular formula is C22H27ClFNO4. The maximum Gasteiger partial charge on any atom is 0.320 e. The first-order chi connectivity index (χ1) is 13.8. The van der Waals surface area contributed by atoms with Gasteiger partial charge < -0.3 is 19.9 Å². The van der Waals surface area contributed by atoms with Gasteiger partial charge in [-0.05, 0) is 49.1 Å². The molecule has 5 nitrogen and oxygen atoms in total. The fourth-order valence-corrected chi connectivity index (χ4v) is 3.07. The van der Waals surface area contributed by atoms with Crippen LogP contribution in [0.2, 0.25) is 5.02 Å². The summed E-state index contributed by atoms with van der Waals surface area (Å²) in [5, 5.41) is 12.7. The lowest BCUT2D eigenvalue weighted by Crippen LogP contribution is -2.37. The molecule has 2 aromatic rings. The molecule has 0 aromatic heterocycles. The second-order valence-electron chi connectivity index (χ2n) is 7.10. The Morgan fingerprint density at radius 3 is 2.59 bits per heavy atom. The number of hydrogen-bond acceptors (Lipinski definition) is 4. The fraction of sp³-hybridized carbons (Fsp3) is 0.409. The van der Waals surface area contributed by atoms with Gasteiger partial charge in [-0.3, -0.25) is 4.79 Å². The smallest absolute Gasteiger partial charge is 0.320 e. The maximum atomic E-state index is 13.9. The maximum absolute atomic E-state index is 13.9. The van der Waals surface area contributed by atoms with Crippen molar-refractivity contribution in [3.05, 3.63) is 58.4 Å². The summed E-state index contributed by atoms with van der Waals surface area (Å²) in [6, 6.07) is 9.21. The lowest BCUT2D eigenvalue weighted by molar-refractivity contribution is -0.140. The van der Waals surface area contributed by atoms with Crippen molar-refractivity contribution in [1.82, 2.24) is 5.32 Å². The van der Waals surface area contributed by atoms with E-state index in [4.69, 9.17) is 21.1 Å². The van der Waals surface area contributed by atoms with Gasteiger partial charge in [0.05, 0.1) is 11.6 Å². The summed E-state index contributed by atoms with van der Waals surface area (Å²) < 4.78 is 25.3. The van der Waals surface area contributed by atoms with Crippen LogP contribution in [0.5, 0.6) is 11.5 Å². The second-order valence-corrected chi connectivity index (χ2v) is 7.51. The molecule has 1 atom stereocenters. The van der Waals surface area contributed by atoms with Crippen LogP contribution in [0.4, 0.5) is 4.39 Å². The molecule has 0 aliphatic heterocycles. The van der Waals surface area contributed by atoms with E-state index in [1.165, 1.54) is 12.1 Å². The van der Waals surface area contributed by atoms with Gasteiger partial charge in [-0.1, -0.05) is 37.6 Å². The van der Waals surface area contributed by atoms with Gasteiger partial charge in [0.1, 0.15) is 18.5 Å². The van der Waals surface area contributed by atoms with E-state index in [1.54, 1.807) is 18.2 Å². The van der Waals surface area contributed by atoms with Gasteiger partial charge in [0.2, 0.25) is 0 Å². The highest BCUT2D eigenvalue weighted by atomic mass is 35.5. The Morgan fingerprint density at radius 1 is 1.21 bits per heavy atom. The molecule has 0 fully saturated rings. The predicted molar refractivity (Wildman–Crippen MR) is 111 cm³/mol. The van der Waals surface area contributed by atoms with Crippen molar-refractivity contribution in [2.75, 3.05) is 6.61 Å². The zero-order valence-electron chi connectivity index (χ0n) is 16.9. The van der Waals surface area contributed by atoms with Crippen LogP contribution in [-0.2, 0) is 17.9 Å². The molecule has 1 unspecified atom stereocenters. The third kappa shape index (κ3) is 6.91. The molecule has 0 bridgehead atoms. The Bertz CT molecular complexity index is 808. The topological polar surface area (TPSA) is 67.8 Å². The lowest BCUT2D eigenvalue weighted by Gasteiger charge is -2.18. The van der Waals surface area contributed by atoms with Gasteiger partial charge in [0.25, 0.3) is 0 Å². The van der Waals surface area contributed by atoms with Crippen LogP contribution >= 0.6 is 11.6 Å². The van der Waals surface area contributed by atoms with E-state index in [-0.39, 0.29) is 18.1 Å². The van der Waals surface area contributed by atoms with E-state index in [0.29, 0.717) is 36.1 Å². The molecule has 0 aliphatic rings. The van der Waals surface area contributed by atoms with E-state index >= 15 is 0 Å². The first-order valence-electron chi connectivity index (χ1n) is 9.59. The van der Waals surface area contributed by atoms with Crippen LogP contribution in [0.25, 0.3) is 0 Å². The highest BCUT2D eigenvalue weighted by Crippen LogP contribution is 2.30.